The van der Waals surface area contributed by atoms with Gasteiger partial charge in [-0.05, 0) is 19.3 Å². The van der Waals surface area contributed by atoms with E-state index >= 15 is 0 Å². The number of anilines is 1. The van der Waals surface area contributed by atoms with Crippen LogP contribution in [0.1, 0.15) is 37.1 Å². The Bertz CT molecular complexity index is 798. The minimum absolute atomic E-state index is 0.220. The van der Waals surface area contributed by atoms with Crippen LogP contribution < -0.4 is 17.0 Å². The van der Waals surface area contributed by atoms with Gasteiger partial charge >= 0.3 is 5.69 Å². The van der Waals surface area contributed by atoms with Crippen LogP contribution in [-0.2, 0) is 13.6 Å². The van der Waals surface area contributed by atoms with E-state index in [0.717, 1.165) is 28.8 Å². The summed E-state index contributed by atoms with van der Waals surface area (Å²) in [5.74, 6) is 0.757. The fraction of sp³-hybridized carbons (Fsp3) is 0.500. The Hall–Kier alpha value is -1.89. The van der Waals surface area contributed by atoms with E-state index in [1.165, 1.54) is 11.6 Å². The van der Waals surface area contributed by atoms with Crippen molar-refractivity contribution in [2.24, 2.45) is 7.05 Å². The molecule has 2 N–H and O–H groups in total. The Balaban J connectivity index is 2.20. The van der Waals surface area contributed by atoms with Crippen LogP contribution in [0.25, 0.3) is 11.3 Å². The second-order valence-electron chi connectivity index (χ2n) is 5.40. The first-order valence-corrected chi connectivity index (χ1v) is 7.97. The molecule has 1 saturated carbocycles. The molecular weight excluding hydrogens is 288 g/mol. The first-order valence-electron chi connectivity index (χ1n) is 7.09. The molecule has 1 fully saturated rings. The van der Waals surface area contributed by atoms with Gasteiger partial charge in [0.05, 0.1) is 10.7 Å². The van der Waals surface area contributed by atoms with Crippen molar-refractivity contribution >= 4 is 17.2 Å². The summed E-state index contributed by atoms with van der Waals surface area (Å²) in [5, 5.41) is 2.92. The molecule has 6 nitrogen and oxygen atoms in total. The molecule has 0 radical (unpaired) electrons. The molecule has 0 unspecified atom stereocenters. The number of hydrogen-bond acceptors (Lipinski definition) is 5. The third kappa shape index (κ3) is 2.31. The van der Waals surface area contributed by atoms with Crippen molar-refractivity contribution in [1.82, 2.24) is 14.1 Å². The zero-order valence-electron chi connectivity index (χ0n) is 12.1. The zero-order chi connectivity index (χ0) is 15.1. The summed E-state index contributed by atoms with van der Waals surface area (Å²) in [5.41, 5.74) is 6.26. The topological polar surface area (TPSA) is 82.9 Å². The molecule has 2 aromatic rings. The van der Waals surface area contributed by atoms with Gasteiger partial charge in [-0.1, -0.05) is 6.92 Å². The van der Waals surface area contributed by atoms with E-state index in [1.54, 1.807) is 11.3 Å². The highest BCUT2D eigenvalue weighted by atomic mass is 32.1. The third-order valence-electron chi connectivity index (χ3n) is 3.74. The summed E-state index contributed by atoms with van der Waals surface area (Å²) in [6.07, 6.45) is 3.09. The lowest BCUT2D eigenvalue weighted by molar-refractivity contribution is 0.600. The van der Waals surface area contributed by atoms with E-state index in [4.69, 9.17) is 5.73 Å². The highest BCUT2D eigenvalue weighted by Crippen LogP contribution is 2.42. The van der Waals surface area contributed by atoms with E-state index in [-0.39, 0.29) is 17.1 Å². The lowest BCUT2D eigenvalue weighted by Crippen LogP contribution is -2.40. The molecule has 21 heavy (non-hydrogen) atoms. The second-order valence-corrected chi connectivity index (χ2v) is 6.29. The molecule has 0 aliphatic heterocycles. The maximum absolute atomic E-state index is 12.4. The SMILES string of the molecule is CCCn1c(N)c(-c2csc(C3CC3)n2)c(=O)n(C)c1=O. The van der Waals surface area contributed by atoms with Gasteiger partial charge in [-0.3, -0.25) is 13.9 Å². The summed E-state index contributed by atoms with van der Waals surface area (Å²) in [7, 11) is 1.48. The standard InChI is InChI=1S/C14H18N4O2S/c1-3-6-18-11(15)10(13(19)17(2)14(18)20)9-7-21-12(16-9)8-4-5-8/h7-8H,3-6,15H2,1-2H3. The van der Waals surface area contributed by atoms with Gasteiger partial charge in [0.15, 0.2) is 0 Å². The number of thiazole rings is 1. The van der Waals surface area contributed by atoms with Crippen LogP contribution in [0.15, 0.2) is 15.0 Å². The molecular formula is C14H18N4O2S. The van der Waals surface area contributed by atoms with Crippen molar-refractivity contribution in [3.8, 4) is 11.3 Å². The molecule has 112 valence electrons. The molecule has 0 saturated heterocycles. The summed E-state index contributed by atoms with van der Waals surface area (Å²) in [6.45, 7) is 2.45. The highest BCUT2D eigenvalue weighted by molar-refractivity contribution is 7.10. The second kappa shape index (κ2) is 5.14. The third-order valence-corrected chi connectivity index (χ3v) is 4.74. The predicted octanol–water partition coefficient (Wildman–Crippen LogP) is 1.54. The van der Waals surface area contributed by atoms with E-state index < -0.39 is 0 Å². The van der Waals surface area contributed by atoms with Crippen LogP contribution in [0, 0.1) is 0 Å². The quantitative estimate of drug-likeness (QED) is 0.929. The Kier molecular flexibility index (Phi) is 3.44. The Morgan fingerprint density at radius 2 is 2.14 bits per heavy atom. The first kappa shape index (κ1) is 14.1. The molecule has 2 heterocycles. The van der Waals surface area contributed by atoms with Crippen molar-refractivity contribution in [3.05, 3.63) is 31.2 Å². The fourth-order valence-corrected chi connectivity index (χ4v) is 3.37. The summed E-state index contributed by atoms with van der Waals surface area (Å²) in [6, 6.07) is 0. The van der Waals surface area contributed by atoms with Crippen LogP contribution in [0.3, 0.4) is 0 Å². The van der Waals surface area contributed by atoms with Gasteiger partial charge in [0.1, 0.15) is 11.4 Å². The van der Waals surface area contributed by atoms with E-state index in [0.29, 0.717) is 23.7 Å². The maximum Gasteiger partial charge on any atom is 0.332 e. The lowest BCUT2D eigenvalue weighted by Gasteiger charge is -2.13. The van der Waals surface area contributed by atoms with Crippen LogP contribution in [0.2, 0.25) is 0 Å². The molecule has 0 bridgehead atoms. The molecule has 1 aliphatic carbocycles. The monoisotopic (exact) mass is 306 g/mol. The number of aromatic nitrogens is 3. The van der Waals surface area contributed by atoms with Crippen molar-refractivity contribution in [2.45, 2.75) is 38.6 Å². The molecule has 3 rings (SSSR count). The molecule has 0 atom stereocenters. The normalized spacial score (nSPS) is 14.6. The molecule has 0 amide bonds. The molecule has 2 aromatic heterocycles. The van der Waals surface area contributed by atoms with Gasteiger partial charge in [0.25, 0.3) is 5.56 Å². The number of nitrogens with zero attached hydrogens (tertiary/aromatic N) is 3. The number of rotatable bonds is 4. The van der Waals surface area contributed by atoms with E-state index in [9.17, 15) is 9.59 Å². The fourth-order valence-electron chi connectivity index (χ4n) is 2.38. The minimum atomic E-state index is -0.377. The Labute approximate surface area is 125 Å². The van der Waals surface area contributed by atoms with Gasteiger partial charge in [0, 0.05) is 24.9 Å². The van der Waals surface area contributed by atoms with E-state index in [1.807, 2.05) is 12.3 Å². The van der Waals surface area contributed by atoms with Crippen LogP contribution in [-0.4, -0.2) is 14.1 Å². The van der Waals surface area contributed by atoms with Gasteiger partial charge in [0.2, 0.25) is 0 Å². The average Bonchev–Trinajstić information content (AvgIpc) is 3.21. The van der Waals surface area contributed by atoms with Gasteiger partial charge in [-0.2, -0.15) is 0 Å². The molecule has 1 aliphatic rings. The summed E-state index contributed by atoms with van der Waals surface area (Å²) in [4.78, 5) is 29.1. The maximum atomic E-state index is 12.4. The Morgan fingerprint density at radius 3 is 2.76 bits per heavy atom. The first-order chi connectivity index (χ1) is 10.0. The minimum Gasteiger partial charge on any atom is -0.384 e. The number of hydrogen-bond donors (Lipinski definition) is 1. The van der Waals surface area contributed by atoms with Crippen molar-refractivity contribution in [1.29, 1.82) is 0 Å². The van der Waals surface area contributed by atoms with Crippen molar-refractivity contribution in [2.75, 3.05) is 5.73 Å². The predicted molar refractivity (Wildman–Crippen MR) is 83.7 cm³/mol. The molecule has 0 aromatic carbocycles. The van der Waals surface area contributed by atoms with Crippen molar-refractivity contribution < 1.29 is 0 Å². The molecule has 7 heteroatoms. The van der Waals surface area contributed by atoms with Crippen LogP contribution in [0.5, 0.6) is 0 Å². The number of nitrogen functional groups attached to an aromatic ring is 1. The zero-order valence-corrected chi connectivity index (χ0v) is 12.9. The highest BCUT2D eigenvalue weighted by Gasteiger charge is 2.28. The summed E-state index contributed by atoms with van der Waals surface area (Å²) < 4.78 is 2.56. The summed E-state index contributed by atoms with van der Waals surface area (Å²) >= 11 is 1.56. The van der Waals surface area contributed by atoms with Gasteiger partial charge in [-0.15, -0.1) is 11.3 Å². The largest absolute Gasteiger partial charge is 0.384 e. The van der Waals surface area contributed by atoms with Crippen LogP contribution >= 0.6 is 11.3 Å². The lowest BCUT2D eigenvalue weighted by atomic mass is 10.2. The Morgan fingerprint density at radius 1 is 1.43 bits per heavy atom. The average molecular weight is 306 g/mol. The van der Waals surface area contributed by atoms with E-state index in [2.05, 4.69) is 4.98 Å². The smallest absolute Gasteiger partial charge is 0.332 e. The van der Waals surface area contributed by atoms with Crippen molar-refractivity contribution in [3.63, 3.8) is 0 Å². The van der Waals surface area contributed by atoms with Crippen LogP contribution in [0.4, 0.5) is 5.82 Å². The van der Waals surface area contributed by atoms with Gasteiger partial charge < -0.3 is 5.73 Å². The molecule has 0 spiro atoms. The number of nitrogens with two attached hydrogens (primary N) is 1. The van der Waals surface area contributed by atoms with Gasteiger partial charge in [-0.25, -0.2) is 9.78 Å².